The number of methoxy groups -OCH3 is 2. The lowest BCUT2D eigenvalue weighted by molar-refractivity contribution is 0.0513. The molecule has 0 atom stereocenters. The minimum atomic E-state index is 0. The Morgan fingerprint density at radius 3 is 2.23 bits per heavy atom. The highest BCUT2D eigenvalue weighted by atomic mass is 127. The van der Waals surface area contributed by atoms with Crippen LogP contribution in [0.1, 0.15) is 50.5 Å². The topological polar surface area (TPSA) is 64.1 Å². The van der Waals surface area contributed by atoms with E-state index in [1.54, 1.807) is 14.2 Å². The molecule has 1 saturated carbocycles. The van der Waals surface area contributed by atoms with Crippen molar-refractivity contribution in [3.63, 3.8) is 0 Å². The molecule has 0 amide bonds. The van der Waals surface area contributed by atoms with Crippen molar-refractivity contribution in [2.75, 3.05) is 54.2 Å². The minimum absolute atomic E-state index is 0. The molecule has 0 radical (unpaired) electrons. The predicted octanol–water partition coefficient (Wildman–Crippen LogP) is 4.12. The maximum atomic E-state index is 5.68. The molecule has 3 rings (SSSR count). The van der Waals surface area contributed by atoms with Gasteiger partial charge in [-0.2, -0.15) is 0 Å². The van der Waals surface area contributed by atoms with E-state index in [9.17, 15) is 0 Å². The Morgan fingerprint density at radius 1 is 1.00 bits per heavy atom. The van der Waals surface area contributed by atoms with Gasteiger partial charge in [0.1, 0.15) is 5.75 Å². The molecular formula is C24H40IN3O3. The third-order valence-electron chi connectivity index (χ3n) is 7.10. The molecule has 1 saturated heterocycles. The van der Waals surface area contributed by atoms with Gasteiger partial charge < -0.3 is 24.8 Å². The summed E-state index contributed by atoms with van der Waals surface area (Å²) >= 11 is 0. The van der Waals surface area contributed by atoms with E-state index in [-0.39, 0.29) is 29.4 Å². The third kappa shape index (κ3) is 6.96. The number of nitrogens with one attached hydrogen (secondary N) is 2. The number of guanidine groups is 1. The van der Waals surface area contributed by atoms with Gasteiger partial charge in [0.15, 0.2) is 5.96 Å². The predicted molar refractivity (Wildman–Crippen MR) is 137 cm³/mol. The first-order valence-corrected chi connectivity index (χ1v) is 11.3. The Kier molecular flexibility index (Phi) is 10.9. The summed E-state index contributed by atoms with van der Waals surface area (Å²) in [5, 5.41) is 7.24. The average Bonchev–Trinajstić information content (AvgIpc) is 3.27. The maximum absolute atomic E-state index is 5.68. The zero-order valence-corrected chi connectivity index (χ0v) is 21.7. The number of hydrogen-bond acceptors (Lipinski definition) is 4. The van der Waals surface area contributed by atoms with Crippen LogP contribution < -0.4 is 15.4 Å². The Labute approximate surface area is 204 Å². The van der Waals surface area contributed by atoms with Crippen molar-refractivity contribution in [1.29, 1.82) is 0 Å². The monoisotopic (exact) mass is 545 g/mol. The van der Waals surface area contributed by atoms with Crippen molar-refractivity contribution in [3.05, 3.63) is 29.8 Å². The largest absolute Gasteiger partial charge is 0.497 e. The van der Waals surface area contributed by atoms with Gasteiger partial charge in [-0.05, 0) is 55.2 Å². The zero-order valence-electron chi connectivity index (χ0n) is 19.4. The molecular weight excluding hydrogens is 505 g/mol. The summed E-state index contributed by atoms with van der Waals surface area (Å²) in [6.45, 7) is 4.20. The van der Waals surface area contributed by atoms with Gasteiger partial charge in [0.05, 0.1) is 7.11 Å². The van der Waals surface area contributed by atoms with Gasteiger partial charge in [0.25, 0.3) is 0 Å². The van der Waals surface area contributed by atoms with Crippen LogP contribution in [0.2, 0.25) is 0 Å². The van der Waals surface area contributed by atoms with Crippen LogP contribution in [-0.4, -0.2) is 60.1 Å². The van der Waals surface area contributed by atoms with Crippen LogP contribution in [0.15, 0.2) is 29.3 Å². The van der Waals surface area contributed by atoms with E-state index >= 15 is 0 Å². The first-order valence-electron chi connectivity index (χ1n) is 11.3. The van der Waals surface area contributed by atoms with Gasteiger partial charge in [-0.15, -0.1) is 24.0 Å². The van der Waals surface area contributed by atoms with Crippen molar-refractivity contribution in [2.24, 2.45) is 10.4 Å². The van der Waals surface area contributed by atoms with E-state index in [2.05, 4.69) is 39.9 Å². The molecule has 31 heavy (non-hydrogen) atoms. The number of ether oxygens (including phenoxy) is 3. The van der Waals surface area contributed by atoms with E-state index in [0.717, 1.165) is 63.9 Å². The smallest absolute Gasteiger partial charge is 0.191 e. The quantitative estimate of drug-likeness (QED) is 0.278. The van der Waals surface area contributed by atoms with Crippen molar-refractivity contribution in [3.8, 4) is 5.75 Å². The lowest BCUT2D eigenvalue weighted by Gasteiger charge is -2.38. The molecule has 2 N–H and O–H groups in total. The van der Waals surface area contributed by atoms with Crippen LogP contribution in [0.25, 0.3) is 0 Å². The first kappa shape index (κ1) is 26.2. The van der Waals surface area contributed by atoms with Crippen LogP contribution in [-0.2, 0) is 14.9 Å². The molecule has 1 aliphatic carbocycles. The highest BCUT2D eigenvalue weighted by molar-refractivity contribution is 14.0. The summed E-state index contributed by atoms with van der Waals surface area (Å²) in [4.78, 5) is 4.51. The van der Waals surface area contributed by atoms with E-state index < -0.39 is 0 Å². The van der Waals surface area contributed by atoms with Crippen molar-refractivity contribution < 1.29 is 14.2 Å². The number of aliphatic imine (C=N–C) groups is 1. The van der Waals surface area contributed by atoms with Crippen molar-refractivity contribution >= 4 is 29.9 Å². The summed E-state index contributed by atoms with van der Waals surface area (Å²) < 4.78 is 16.4. The van der Waals surface area contributed by atoms with Gasteiger partial charge in [-0.1, -0.05) is 25.0 Å². The Hall–Kier alpha value is -1.06. The van der Waals surface area contributed by atoms with Crippen LogP contribution in [0, 0.1) is 5.41 Å². The number of nitrogens with zero attached hydrogens (tertiary/aromatic N) is 1. The highest BCUT2D eigenvalue weighted by Crippen LogP contribution is 2.40. The van der Waals surface area contributed by atoms with E-state index in [1.807, 2.05) is 7.05 Å². The van der Waals surface area contributed by atoms with Crippen LogP contribution in [0.4, 0.5) is 0 Å². The van der Waals surface area contributed by atoms with E-state index in [1.165, 1.54) is 31.2 Å². The number of hydrogen-bond donors (Lipinski definition) is 2. The van der Waals surface area contributed by atoms with Crippen LogP contribution in [0.5, 0.6) is 5.75 Å². The minimum Gasteiger partial charge on any atom is -0.497 e. The second kappa shape index (κ2) is 12.8. The Bertz CT molecular complexity index is 669. The second-order valence-corrected chi connectivity index (χ2v) is 8.85. The number of halogens is 1. The molecule has 1 aromatic rings. The fourth-order valence-electron chi connectivity index (χ4n) is 4.98. The summed E-state index contributed by atoms with van der Waals surface area (Å²) in [7, 11) is 5.36. The Balaban J connectivity index is 0.00000341. The van der Waals surface area contributed by atoms with Gasteiger partial charge in [0.2, 0.25) is 0 Å². The van der Waals surface area contributed by atoms with Gasteiger partial charge >= 0.3 is 0 Å². The molecule has 2 fully saturated rings. The van der Waals surface area contributed by atoms with E-state index in [4.69, 9.17) is 14.2 Å². The summed E-state index contributed by atoms with van der Waals surface area (Å²) in [6.07, 6.45) is 8.29. The lowest BCUT2D eigenvalue weighted by atomic mass is 9.74. The Morgan fingerprint density at radius 2 is 1.65 bits per heavy atom. The molecule has 176 valence electrons. The molecule has 2 aliphatic rings. The van der Waals surface area contributed by atoms with Gasteiger partial charge in [-0.3, -0.25) is 4.99 Å². The second-order valence-electron chi connectivity index (χ2n) is 8.85. The fraction of sp³-hybridized carbons (Fsp3) is 0.708. The fourth-order valence-corrected chi connectivity index (χ4v) is 4.98. The lowest BCUT2D eigenvalue weighted by Crippen LogP contribution is -2.49. The van der Waals surface area contributed by atoms with Crippen molar-refractivity contribution in [2.45, 2.75) is 50.4 Å². The average molecular weight is 546 g/mol. The van der Waals surface area contributed by atoms with Gasteiger partial charge in [0, 0.05) is 52.5 Å². The molecule has 1 heterocycles. The molecule has 0 unspecified atom stereocenters. The third-order valence-corrected chi connectivity index (χ3v) is 7.10. The summed E-state index contributed by atoms with van der Waals surface area (Å²) in [5.41, 5.74) is 1.71. The summed E-state index contributed by atoms with van der Waals surface area (Å²) in [5.74, 6) is 1.78. The molecule has 6 nitrogen and oxygen atoms in total. The number of rotatable bonds is 9. The van der Waals surface area contributed by atoms with Gasteiger partial charge in [-0.25, -0.2) is 0 Å². The molecule has 0 spiro atoms. The first-order chi connectivity index (χ1) is 14.7. The normalized spacial score (nSPS) is 20.0. The van der Waals surface area contributed by atoms with Crippen LogP contribution in [0.3, 0.4) is 0 Å². The molecule has 1 aliphatic heterocycles. The standard InChI is InChI=1S/C24H39N3O3.HI/c1-25-22(26-18-23(12-15-28-2)10-4-5-11-23)27-19-24(13-16-30-17-14-24)20-6-8-21(29-3)9-7-20;/h6-9H,4-5,10-19H2,1-3H3,(H2,25,26,27);1H. The van der Waals surface area contributed by atoms with Crippen LogP contribution >= 0.6 is 24.0 Å². The van der Waals surface area contributed by atoms with Crippen molar-refractivity contribution in [1.82, 2.24) is 10.6 Å². The highest BCUT2D eigenvalue weighted by Gasteiger charge is 2.36. The SMILES string of the molecule is CN=C(NCC1(CCOC)CCCC1)NCC1(c2ccc(OC)cc2)CCOCC1.I. The molecule has 0 aromatic heterocycles. The molecule has 7 heteroatoms. The molecule has 0 bridgehead atoms. The molecule has 1 aromatic carbocycles. The number of benzene rings is 1. The zero-order chi connectivity index (χ0) is 21.3. The van der Waals surface area contributed by atoms with E-state index in [0.29, 0.717) is 5.41 Å². The summed E-state index contributed by atoms with van der Waals surface area (Å²) in [6, 6.07) is 8.50. The maximum Gasteiger partial charge on any atom is 0.191 e.